The van der Waals surface area contributed by atoms with Crippen LogP contribution in [0, 0.1) is 6.57 Å². The first-order valence-electron chi connectivity index (χ1n) is 4.95. The molecule has 14 heavy (non-hydrogen) atoms. The fourth-order valence-electron chi connectivity index (χ4n) is 1.34. The van der Waals surface area contributed by atoms with Crippen LogP contribution in [0.3, 0.4) is 0 Å². The smallest absolute Gasteiger partial charge is 0.0921 e. The summed E-state index contributed by atoms with van der Waals surface area (Å²) in [7, 11) is 0. The summed E-state index contributed by atoms with van der Waals surface area (Å²) in [6.45, 7) is 20.3. The molecule has 0 aromatic rings. The zero-order chi connectivity index (χ0) is 11.6. The van der Waals surface area contributed by atoms with Gasteiger partial charge in [0.25, 0.3) is 0 Å². The van der Waals surface area contributed by atoms with Crippen LogP contribution in [0.25, 0.3) is 4.85 Å². The van der Waals surface area contributed by atoms with Gasteiger partial charge in [-0.3, -0.25) is 4.85 Å². The summed E-state index contributed by atoms with van der Waals surface area (Å²) in [5.74, 6) is 0. The van der Waals surface area contributed by atoms with Gasteiger partial charge < -0.3 is 29.3 Å². The number of nitrogens with zero attached hydrogens (tertiary/aromatic N) is 2. The summed E-state index contributed by atoms with van der Waals surface area (Å²) in [6, 6.07) is 0. The Kier molecular flexibility index (Phi) is 10.8. The van der Waals surface area contributed by atoms with Crippen LogP contribution < -0.4 is 0 Å². The third kappa shape index (κ3) is 7.19. The summed E-state index contributed by atoms with van der Waals surface area (Å²) in [4.78, 5) is 2.69. The average Bonchev–Trinajstić information content (AvgIpc) is 2.23. The lowest BCUT2D eigenvalue weighted by molar-refractivity contribution is -0.921. The molecule has 0 bridgehead atoms. The topological polar surface area (TPSA) is 4.36 Å². The Hall–Kier alpha value is -0.240. The minimum atomic E-state index is -0.0370. The van der Waals surface area contributed by atoms with Crippen LogP contribution in [0.2, 0.25) is 0 Å². The van der Waals surface area contributed by atoms with Crippen molar-refractivity contribution in [1.82, 2.24) is 0 Å². The Morgan fingerprint density at radius 2 is 1.36 bits per heavy atom. The second-order valence-corrected chi connectivity index (χ2v) is 4.02. The van der Waals surface area contributed by atoms with E-state index in [1.165, 1.54) is 30.7 Å². The summed E-state index contributed by atoms with van der Waals surface area (Å²) in [5.41, 5.74) is 0. The maximum Gasteiger partial charge on any atom is 0.0921 e. The Balaban J connectivity index is 0. The molecule has 0 atom stereocenters. The number of rotatable bonds is 4. The van der Waals surface area contributed by atoms with Gasteiger partial charge in [-0.05, 0) is 27.7 Å². The Morgan fingerprint density at radius 1 is 1.14 bits per heavy atom. The molecule has 0 rings (SSSR count). The molecule has 0 N–H and O–H groups in total. The van der Waals surface area contributed by atoms with E-state index in [-0.39, 0.29) is 4.32 Å². The SMILES string of the molecule is CC[N+](CC)(CC)CC.[C-]#[N+]C(=S)[S-]. The molecule has 0 aromatic carbocycles. The molecular weight excluding hydrogens is 212 g/mol. The van der Waals surface area contributed by atoms with Crippen LogP contribution in [-0.4, -0.2) is 35.0 Å². The molecule has 0 amide bonds. The molecule has 0 saturated heterocycles. The summed E-state index contributed by atoms with van der Waals surface area (Å²) in [5, 5.41) is 0. The predicted octanol–water partition coefficient (Wildman–Crippen LogP) is 2.62. The van der Waals surface area contributed by atoms with E-state index in [9.17, 15) is 0 Å². The number of quaternary nitrogens is 1. The largest absolute Gasteiger partial charge is 0.461 e. The van der Waals surface area contributed by atoms with Crippen LogP contribution in [0.15, 0.2) is 0 Å². The lowest BCUT2D eigenvalue weighted by Crippen LogP contribution is -2.47. The zero-order valence-corrected chi connectivity index (χ0v) is 11.2. The molecule has 0 fully saturated rings. The second-order valence-electron chi connectivity index (χ2n) is 2.98. The van der Waals surface area contributed by atoms with E-state index in [1.54, 1.807) is 0 Å². The van der Waals surface area contributed by atoms with E-state index in [0.29, 0.717) is 0 Å². The fourth-order valence-corrected chi connectivity index (χ4v) is 1.34. The monoisotopic (exact) mass is 232 g/mol. The van der Waals surface area contributed by atoms with Crippen LogP contribution in [0.4, 0.5) is 0 Å². The van der Waals surface area contributed by atoms with Gasteiger partial charge in [0.2, 0.25) is 0 Å². The fraction of sp³-hybridized carbons (Fsp3) is 0.800. The molecule has 0 unspecified atom stereocenters. The van der Waals surface area contributed by atoms with Gasteiger partial charge in [-0.15, -0.1) is 0 Å². The summed E-state index contributed by atoms with van der Waals surface area (Å²) >= 11 is 8.31. The van der Waals surface area contributed by atoms with Gasteiger partial charge in [-0.2, -0.15) is 0 Å². The first-order valence-corrected chi connectivity index (χ1v) is 5.77. The van der Waals surface area contributed by atoms with Crippen molar-refractivity contribution in [1.29, 1.82) is 0 Å². The second kappa shape index (κ2) is 9.32. The van der Waals surface area contributed by atoms with E-state index in [4.69, 9.17) is 6.57 Å². The van der Waals surface area contributed by atoms with E-state index in [0.717, 1.165) is 0 Å². The maximum atomic E-state index is 6.04. The van der Waals surface area contributed by atoms with Crippen LogP contribution >= 0.6 is 12.2 Å². The van der Waals surface area contributed by atoms with Crippen molar-refractivity contribution in [2.45, 2.75) is 27.7 Å². The van der Waals surface area contributed by atoms with Gasteiger partial charge in [0.15, 0.2) is 0 Å². The maximum absolute atomic E-state index is 6.04. The average molecular weight is 232 g/mol. The predicted molar refractivity (Wildman–Crippen MR) is 69.0 cm³/mol. The molecule has 0 aliphatic carbocycles. The normalized spacial score (nSPS) is 9.64. The van der Waals surface area contributed by atoms with E-state index in [2.05, 4.69) is 57.4 Å². The molecule has 0 heterocycles. The van der Waals surface area contributed by atoms with E-state index in [1.807, 2.05) is 0 Å². The Labute approximate surface area is 99.1 Å². The highest BCUT2D eigenvalue weighted by atomic mass is 32.1. The van der Waals surface area contributed by atoms with Crippen LogP contribution in [0.1, 0.15) is 27.7 Å². The Bertz CT molecular complexity index is 175. The molecule has 0 aromatic heterocycles. The van der Waals surface area contributed by atoms with E-state index >= 15 is 0 Å². The number of hydrogen-bond acceptors (Lipinski definition) is 2. The lowest BCUT2D eigenvalue weighted by Gasteiger charge is -2.34. The van der Waals surface area contributed by atoms with Crippen molar-refractivity contribution in [3.05, 3.63) is 11.4 Å². The lowest BCUT2D eigenvalue weighted by atomic mass is 10.3. The van der Waals surface area contributed by atoms with Crippen molar-refractivity contribution in [3.63, 3.8) is 0 Å². The minimum absolute atomic E-state index is 0.0370. The van der Waals surface area contributed by atoms with Crippen molar-refractivity contribution in [2.24, 2.45) is 0 Å². The third-order valence-corrected chi connectivity index (χ3v) is 2.96. The molecule has 0 aliphatic rings. The molecule has 0 spiro atoms. The van der Waals surface area contributed by atoms with Gasteiger partial charge >= 0.3 is 0 Å². The molecule has 0 aliphatic heterocycles. The third-order valence-electron chi connectivity index (χ3n) is 2.77. The summed E-state index contributed by atoms with van der Waals surface area (Å²) < 4.78 is 1.24. The molecular formula is C10H20N2S2. The highest BCUT2D eigenvalue weighted by Crippen LogP contribution is 2.03. The molecule has 2 nitrogen and oxygen atoms in total. The van der Waals surface area contributed by atoms with Gasteiger partial charge in [0, 0.05) is 0 Å². The number of hydrogen-bond donors (Lipinski definition) is 0. The van der Waals surface area contributed by atoms with E-state index < -0.39 is 0 Å². The molecule has 0 saturated carbocycles. The van der Waals surface area contributed by atoms with Gasteiger partial charge in [0.1, 0.15) is 0 Å². The molecule has 0 radical (unpaired) electrons. The van der Waals surface area contributed by atoms with Gasteiger partial charge in [0.05, 0.1) is 37.1 Å². The zero-order valence-electron chi connectivity index (χ0n) is 9.54. The van der Waals surface area contributed by atoms with Gasteiger partial charge in [-0.25, -0.2) is 0 Å². The van der Waals surface area contributed by atoms with Crippen LogP contribution in [-0.2, 0) is 12.6 Å². The van der Waals surface area contributed by atoms with Gasteiger partial charge in [-0.1, -0.05) is 0 Å². The summed E-state index contributed by atoms with van der Waals surface area (Å²) in [6.07, 6.45) is 0. The van der Waals surface area contributed by atoms with Crippen molar-refractivity contribution >= 4 is 29.2 Å². The highest BCUT2D eigenvalue weighted by molar-refractivity contribution is 8.00. The number of thiocarbonyl (C=S) groups is 1. The Morgan fingerprint density at radius 3 is 1.36 bits per heavy atom. The van der Waals surface area contributed by atoms with Crippen LogP contribution in [0.5, 0.6) is 0 Å². The quantitative estimate of drug-likeness (QED) is 0.318. The molecule has 82 valence electrons. The standard InChI is InChI=1S/C8H20N.C2HNS2/c1-5-9(6-2,7-3)8-4;1-3-2(4)5/h5-8H2,1-4H3;(H,4,5)/q+1;/p-1. The first kappa shape index (κ1) is 16.2. The van der Waals surface area contributed by atoms with Crippen molar-refractivity contribution < 1.29 is 4.48 Å². The van der Waals surface area contributed by atoms with Crippen molar-refractivity contribution in [3.8, 4) is 0 Å². The first-order chi connectivity index (χ1) is 6.51. The molecule has 4 heteroatoms. The van der Waals surface area contributed by atoms with Crippen molar-refractivity contribution in [2.75, 3.05) is 26.2 Å². The minimum Gasteiger partial charge on any atom is -0.461 e. The highest BCUT2D eigenvalue weighted by Gasteiger charge is 2.16.